The minimum absolute atomic E-state index is 0.00563. The number of aliphatic hydroxyl groups is 1. The predicted octanol–water partition coefficient (Wildman–Crippen LogP) is -0.505. The molecule has 1 aromatic heterocycles. The summed E-state index contributed by atoms with van der Waals surface area (Å²) in [5, 5.41) is 26.6. The number of aliphatic hydroxyl groups excluding tert-OH is 1. The molecule has 1 fully saturated rings. The zero-order valence-corrected chi connectivity index (χ0v) is 10.9. The van der Waals surface area contributed by atoms with E-state index >= 15 is 0 Å². The van der Waals surface area contributed by atoms with Crippen LogP contribution < -0.4 is 0 Å². The lowest BCUT2D eigenvalue weighted by atomic mass is 10.0. The molecule has 0 aliphatic carbocycles. The molecular formula is C11H10N4O4S. The molecule has 0 saturated carbocycles. The minimum atomic E-state index is -1.11. The van der Waals surface area contributed by atoms with Gasteiger partial charge in [0.25, 0.3) is 5.91 Å². The van der Waals surface area contributed by atoms with E-state index in [4.69, 9.17) is 10.2 Å². The molecule has 0 aromatic carbocycles. The number of hydrogen-bond acceptors (Lipinski definition) is 6. The number of fused-ring (bicyclic) bond motifs is 1. The summed E-state index contributed by atoms with van der Waals surface area (Å²) in [5.41, 5.74) is 1.01. The van der Waals surface area contributed by atoms with Crippen molar-refractivity contribution in [3.05, 3.63) is 28.6 Å². The van der Waals surface area contributed by atoms with Crippen LogP contribution in [0.2, 0.25) is 0 Å². The molecule has 1 amide bonds. The molecule has 0 unspecified atom stereocenters. The molecule has 8 nitrogen and oxygen atoms in total. The number of aromatic nitrogens is 3. The lowest BCUT2D eigenvalue weighted by molar-refractivity contribution is -0.141. The molecule has 2 aliphatic rings. The SMILES string of the molecule is O=C(O)C1=CS[C@@H]2C(=Cc3cn(CCO)nn3)C(=O)N12. The second-order valence-electron chi connectivity index (χ2n) is 4.20. The summed E-state index contributed by atoms with van der Waals surface area (Å²) >= 11 is 1.28. The number of thioether (sulfide) groups is 1. The Kier molecular flexibility index (Phi) is 3.07. The number of hydrogen-bond donors (Lipinski definition) is 2. The highest BCUT2D eigenvalue weighted by molar-refractivity contribution is 8.03. The van der Waals surface area contributed by atoms with E-state index in [1.807, 2.05) is 0 Å². The van der Waals surface area contributed by atoms with Crippen molar-refractivity contribution in [3.63, 3.8) is 0 Å². The summed E-state index contributed by atoms with van der Waals surface area (Å²) in [7, 11) is 0. The van der Waals surface area contributed by atoms with Crippen LogP contribution >= 0.6 is 11.8 Å². The quantitative estimate of drug-likeness (QED) is 0.569. The highest BCUT2D eigenvalue weighted by Crippen LogP contribution is 2.44. The highest BCUT2D eigenvalue weighted by atomic mass is 32.2. The standard InChI is InChI=1S/C11H10N4O4S/c16-2-1-14-4-6(12-13-14)3-7-9(17)15-8(11(18)19)5-20-10(7)15/h3-5,10,16H,1-2H2,(H,18,19)/t10-/m1/s1. The number of carbonyl (C=O) groups excluding carboxylic acids is 1. The number of carbonyl (C=O) groups is 2. The van der Waals surface area contributed by atoms with Crippen molar-refractivity contribution in [2.75, 3.05) is 6.61 Å². The van der Waals surface area contributed by atoms with E-state index in [1.165, 1.54) is 26.8 Å². The molecule has 20 heavy (non-hydrogen) atoms. The van der Waals surface area contributed by atoms with Crippen LogP contribution in [0.4, 0.5) is 0 Å². The van der Waals surface area contributed by atoms with E-state index in [0.717, 1.165) is 0 Å². The molecule has 9 heteroatoms. The van der Waals surface area contributed by atoms with Gasteiger partial charge in [-0.2, -0.15) is 0 Å². The third kappa shape index (κ3) is 1.91. The Labute approximate surface area is 117 Å². The number of β-lactam (4-membered cyclic amide) rings is 1. The largest absolute Gasteiger partial charge is 0.477 e. The van der Waals surface area contributed by atoms with E-state index in [0.29, 0.717) is 17.8 Å². The van der Waals surface area contributed by atoms with Crippen LogP contribution in [0.5, 0.6) is 0 Å². The monoisotopic (exact) mass is 294 g/mol. The van der Waals surface area contributed by atoms with Gasteiger partial charge in [-0.15, -0.1) is 16.9 Å². The molecule has 3 rings (SSSR count). The molecule has 3 heterocycles. The summed E-state index contributed by atoms with van der Waals surface area (Å²) in [6.07, 6.45) is 3.21. The predicted molar refractivity (Wildman–Crippen MR) is 69.0 cm³/mol. The van der Waals surface area contributed by atoms with Gasteiger partial charge in [0.15, 0.2) is 0 Å². The van der Waals surface area contributed by atoms with Crippen LogP contribution in [0.3, 0.4) is 0 Å². The molecular weight excluding hydrogens is 284 g/mol. The Balaban J connectivity index is 1.78. The highest BCUT2D eigenvalue weighted by Gasteiger charge is 2.49. The summed E-state index contributed by atoms with van der Waals surface area (Å²) in [6, 6.07) is 0. The fourth-order valence-corrected chi connectivity index (χ4v) is 3.14. The molecule has 1 aromatic rings. The van der Waals surface area contributed by atoms with E-state index < -0.39 is 5.97 Å². The summed E-state index contributed by atoms with van der Waals surface area (Å²) in [6.45, 7) is 0.287. The van der Waals surface area contributed by atoms with E-state index in [2.05, 4.69) is 10.3 Å². The zero-order valence-electron chi connectivity index (χ0n) is 10.1. The smallest absolute Gasteiger partial charge is 0.353 e. The average molecular weight is 294 g/mol. The summed E-state index contributed by atoms with van der Waals surface area (Å²) < 4.78 is 1.47. The van der Waals surface area contributed by atoms with Crippen LogP contribution in [0.15, 0.2) is 22.9 Å². The van der Waals surface area contributed by atoms with Gasteiger partial charge in [0.1, 0.15) is 16.8 Å². The third-order valence-corrected chi connectivity index (χ3v) is 4.02. The van der Waals surface area contributed by atoms with E-state index in [-0.39, 0.29) is 23.6 Å². The van der Waals surface area contributed by atoms with E-state index in [9.17, 15) is 9.59 Å². The van der Waals surface area contributed by atoms with Crippen molar-refractivity contribution in [1.29, 1.82) is 0 Å². The van der Waals surface area contributed by atoms with Crippen molar-refractivity contribution < 1.29 is 19.8 Å². The van der Waals surface area contributed by atoms with Crippen molar-refractivity contribution in [2.45, 2.75) is 11.9 Å². The molecule has 1 saturated heterocycles. The van der Waals surface area contributed by atoms with Crippen molar-refractivity contribution in [2.24, 2.45) is 0 Å². The summed E-state index contributed by atoms with van der Waals surface area (Å²) in [5.74, 6) is -1.44. The molecule has 0 radical (unpaired) electrons. The van der Waals surface area contributed by atoms with Gasteiger partial charge >= 0.3 is 5.97 Å². The van der Waals surface area contributed by atoms with Gasteiger partial charge in [-0.3, -0.25) is 9.69 Å². The lowest BCUT2D eigenvalue weighted by Crippen LogP contribution is -2.51. The van der Waals surface area contributed by atoms with Crippen molar-refractivity contribution in [3.8, 4) is 0 Å². The number of amides is 1. The first-order valence-corrected chi connectivity index (χ1v) is 6.71. The molecule has 1 atom stereocenters. The van der Waals surface area contributed by atoms with Gasteiger partial charge in [-0.05, 0) is 6.08 Å². The molecule has 2 aliphatic heterocycles. The maximum absolute atomic E-state index is 11.9. The fraction of sp³-hybridized carbons (Fsp3) is 0.273. The number of aliphatic carboxylic acids is 1. The third-order valence-electron chi connectivity index (χ3n) is 2.94. The first-order valence-electron chi connectivity index (χ1n) is 5.77. The second-order valence-corrected chi connectivity index (χ2v) is 5.16. The number of carboxylic acid groups (broad SMARTS) is 1. The van der Waals surface area contributed by atoms with Crippen LogP contribution in [0, 0.1) is 0 Å². The normalized spacial score (nSPS) is 22.8. The molecule has 0 bridgehead atoms. The first-order chi connectivity index (χ1) is 9.61. The molecule has 0 spiro atoms. The van der Waals surface area contributed by atoms with Crippen LogP contribution in [-0.2, 0) is 16.1 Å². The minimum Gasteiger partial charge on any atom is -0.477 e. The number of rotatable bonds is 4. The number of nitrogens with zero attached hydrogens (tertiary/aromatic N) is 4. The zero-order chi connectivity index (χ0) is 14.3. The van der Waals surface area contributed by atoms with Gasteiger partial charge in [-0.25, -0.2) is 9.48 Å². The van der Waals surface area contributed by atoms with Gasteiger partial charge in [0.05, 0.1) is 24.9 Å². The van der Waals surface area contributed by atoms with Gasteiger partial charge in [0.2, 0.25) is 0 Å². The molecule has 104 valence electrons. The maximum atomic E-state index is 11.9. The van der Waals surface area contributed by atoms with Crippen LogP contribution in [0.1, 0.15) is 5.69 Å². The van der Waals surface area contributed by atoms with Gasteiger partial charge in [-0.1, -0.05) is 5.21 Å². The van der Waals surface area contributed by atoms with Crippen molar-refractivity contribution >= 4 is 29.7 Å². The number of carboxylic acids is 1. The topological polar surface area (TPSA) is 109 Å². The Morgan fingerprint density at radius 2 is 2.35 bits per heavy atom. The van der Waals surface area contributed by atoms with Crippen LogP contribution in [0.25, 0.3) is 6.08 Å². The Morgan fingerprint density at radius 1 is 1.55 bits per heavy atom. The fourth-order valence-electron chi connectivity index (χ4n) is 2.02. The van der Waals surface area contributed by atoms with Gasteiger partial charge < -0.3 is 10.2 Å². The van der Waals surface area contributed by atoms with Gasteiger partial charge in [0, 0.05) is 5.41 Å². The Morgan fingerprint density at radius 3 is 3.05 bits per heavy atom. The Hall–Kier alpha value is -2.13. The van der Waals surface area contributed by atoms with Crippen LogP contribution in [-0.4, -0.2) is 54.0 Å². The Bertz CT molecular complexity index is 651. The second kappa shape index (κ2) is 4.76. The summed E-state index contributed by atoms with van der Waals surface area (Å²) in [4.78, 5) is 24.1. The van der Waals surface area contributed by atoms with E-state index in [1.54, 1.807) is 12.3 Å². The molecule has 2 N–H and O–H groups in total. The first kappa shape index (κ1) is 12.9. The average Bonchev–Trinajstić information content (AvgIpc) is 3.00. The maximum Gasteiger partial charge on any atom is 0.353 e. The van der Waals surface area contributed by atoms with Crippen molar-refractivity contribution in [1.82, 2.24) is 19.9 Å². The lowest BCUT2D eigenvalue weighted by Gasteiger charge is -2.36.